The highest BCUT2D eigenvalue weighted by Crippen LogP contribution is 2.24. The van der Waals surface area contributed by atoms with Crippen molar-refractivity contribution in [2.45, 2.75) is 13.8 Å². The van der Waals surface area contributed by atoms with Crippen molar-refractivity contribution in [3.63, 3.8) is 0 Å². The number of para-hydroxylation sites is 1. The summed E-state index contributed by atoms with van der Waals surface area (Å²) in [5.41, 5.74) is 2.82. The zero-order valence-electron chi connectivity index (χ0n) is 11.7. The topological polar surface area (TPSA) is 38.3 Å². The van der Waals surface area contributed by atoms with Crippen molar-refractivity contribution in [2.24, 2.45) is 0 Å². The summed E-state index contributed by atoms with van der Waals surface area (Å²) < 4.78 is 18.4. The first-order valence-corrected chi connectivity index (χ1v) is 6.24. The number of methoxy groups -OCH3 is 1. The van der Waals surface area contributed by atoms with Crippen LogP contribution in [-0.4, -0.2) is 13.0 Å². The number of carbonyl (C=O) groups excluding carboxylic acids is 1. The van der Waals surface area contributed by atoms with Gasteiger partial charge in [0.05, 0.1) is 12.7 Å². The van der Waals surface area contributed by atoms with E-state index in [9.17, 15) is 9.18 Å². The molecule has 20 heavy (non-hydrogen) atoms. The van der Waals surface area contributed by atoms with Gasteiger partial charge in [0.1, 0.15) is 11.6 Å². The largest absolute Gasteiger partial charge is 0.496 e. The average molecular weight is 273 g/mol. The van der Waals surface area contributed by atoms with Gasteiger partial charge in [-0.15, -0.1) is 0 Å². The molecule has 0 aliphatic heterocycles. The minimum absolute atomic E-state index is 0.176. The number of hydrogen-bond donors (Lipinski definition) is 1. The molecular formula is C16H16FNO2. The van der Waals surface area contributed by atoms with Gasteiger partial charge < -0.3 is 10.1 Å². The van der Waals surface area contributed by atoms with Crippen molar-refractivity contribution in [3.8, 4) is 5.75 Å². The van der Waals surface area contributed by atoms with Crippen LogP contribution in [-0.2, 0) is 0 Å². The Bertz CT molecular complexity index is 633. The second-order valence-electron chi connectivity index (χ2n) is 4.57. The van der Waals surface area contributed by atoms with Crippen LogP contribution in [0.3, 0.4) is 0 Å². The van der Waals surface area contributed by atoms with Crippen LogP contribution in [0, 0.1) is 19.7 Å². The number of nitrogens with one attached hydrogen (secondary N) is 1. The summed E-state index contributed by atoms with van der Waals surface area (Å²) in [4.78, 5) is 12.3. The Labute approximate surface area is 117 Å². The van der Waals surface area contributed by atoms with Crippen LogP contribution in [0.15, 0.2) is 36.4 Å². The molecule has 0 saturated heterocycles. The number of ether oxygens (including phenoxy) is 1. The first kappa shape index (κ1) is 14.1. The van der Waals surface area contributed by atoms with E-state index in [1.165, 1.54) is 25.3 Å². The molecule has 1 amide bonds. The lowest BCUT2D eigenvalue weighted by Crippen LogP contribution is -2.15. The molecule has 0 fully saturated rings. The van der Waals surface area contributed by atoms with E-state index in [4.69, 9.17) is 4.74 Å². The predicted molar refractivity (Wildman–Crippen MR) is 76.8 cm³/mol. The van der Waals surface area contributed by atoms with E-state index >= 15 is 0 Å². The van der Waals surface area contributed by atoms with Gasteiger partial charge in [-0.2, -0.15) is 0 Å². The third-order valence-electron chi connectivity index (χ3n) is 3.13. The van der Waals surface area contributed by atoms with Crippen molar-refractivity contribution >= 4 is 11.6 Å². The zero-order chi connectivity index (χ0) is 14.7. The molecule has 0 bridgehead atoms. The second-order valence-corrected chi connectivity index (χ2v) is 4.57. The van der Waals surface area contributed by atoms with Crippen molar-refractivity contribution in [2.75, 3.05) is 12.4 Å². The monoisotopic (exact) mass is 273 g/mol. The minimum Gasteiger partial charge on any atom is -0.496 e. The van der Waals surface area contributed by atoms with E-state index < -0.39 is 11.7 Å². The number of anilines is 1. The molecule has 104 valence electrons. The van der Waals surface area contributed by atoms with E-state index in [2.05, 4.69) is 5.32 Å². The average Bonchev–Trinajstić information content (AvgIpc) is 2.43. The Kier molecular flexibility index (Phi) is 4.03. The molecule has 0 spiro atoms. The van der Waals surface area contributed by atoms with Gasteiger partial charge in [0, 0.05) is 5.69 Å². The molecule has 0 heterocycles. The van der Waals surface area contributed by atoms with Gasteiger partial charge in [-0.3, -0.25) is 4.79 Å². The molecule has 0 aliphatic carbocycles. The van der Waals surface area contributed by atoms with Gasteiger partial charge in [0.15, 0.2) is 0 Å². The highest BCUT2D eigenvalue weighted by molar-refractivity contribution is 6.06. The second kappa shape index (κ2) is 5.74. The summed E-state index contributed by atoms with van der Waals surface area (Å²) in [6.07, 6.45) is 0. The number of rotatable bonds is 3. The highest BCUT2D eigenvalue weighted by Gasteiger charge is 2.15. The maximum atomic E-state index is 13.3. The van der Waals surface area contributed by atoms with Crippen LogP contribution in [0.25, 0.3) is 0 Å². The van der Waals surface area contributed by atoms with Gasteiger partial charge in [0.25, 0.3) is 5.91 Å². The molecule has 0 aromatic heterocycles. The fourth-order valence-electron chi connectivity index (χ4n) is 2.05. The Morgan fingerprint density at radius 3 is 2.40 bits per heavy atom. The fourth-order valence-corrected chi connectivity index (χ4v) is 2.05. The first-order valence-electron chi connectivity index (χ1n) is 6.24. The normalized spacial score (nSPS) is 10.2. The lowest BCUT2D eigenvalue weighted by atomic mass is 10.1. The number of halogens is 1. The van der Waals surface area contributed by atoms with Crippen molar-refractivity contribution in [3.05, 3.63) is 58.9 Å². The first-order chi connectivity index (χ1) is 9.52. The standard InChI is InChI=1S/C16H16FNO2/c1-10-5-4-6-11(2)15(10)18-16(19)13-9-12(17)7-8-14(13)20-3/h4-9H,1-3H3,(H,18,19). The van der Waals surface area contributed by atoms with E-state index in [1.807, 2.05) is 32.0 Å². The van der Waals surface area contributed by atoms with Gasteiger partial charge in [0.2, 0.25) is 0 Å². The van der Waals surface area contributed by atoms with Crippen LogP contribution in [0.1, 0.15) is 21.5 Å². The summed E-state index contributed by atoms with van der Waals surface area (Å²) in [5, 5.41) is 2.81. The molecule has 0 radical (unpaired) electrons. The predicted octanol–water partition coefficient (Wildman–Crippen LogP) is 3.70. The Morgan fingerprint density at radius 1 is 1.15 bits per heavy atom. The lowest BCUT2D eigenvalue weighted by molar-refractivity contribution is 0.102. The molecule has 0 unspecified atom stereocenters. The number of carbonyl (C=O) groups is 1. The Morgan fingerprint density at radius 2 is 1.80 bits per heavy atom. The fraction of sp³-hybridized carbons (Fsp3) is 0.188. The van der Waals surface area contributed by atoms with Gasteiger partial charge >= 0.3 is 0 Å². The summed E-state index contributed by atoms with van der Waals surface area (Å²) >= 11 is 0. The third-order valence-corrected chi connectivity index (χ3v) is 3.13. The summed E-state index contributed by atoms with van der Waals surface area (Å²) in [6, 6.07) is 9.60. The molecule has 1 N–H and O–H groups in total. The summed E-state index contributed by atoms with van der Waals surface area (Å²) in [5.74, 6) is -0.522. The van der Waals surface area contributed by atoms with Crippen LogP contribution in [0.5, 0.6) is 5.75 Å². The van der Waals surface area contributed by atoms with Gasteiger partial charge in [-0.1, -0.05) is 18.2 Å². The van der Waals surface area contributed by atoms with Crippen LogP contribution < -0.4 is 10.1 Å². The number of benzene rings is 2. The van der Waals surface area contributed by atoms with Crippen LogP contribution in [0.2, 0.25) is 0 Å². The van der Waals surface area contributed by atoms with E-state index in [0.717, 1.165) is 16.8 Å². The molecule has 3 nitrogen and oxygen atoms in total. The maximum absolute atomic E-state index is 13.3. The molecule has 0 atom stereocenters. The molecule has 4 heteroatoms. The van der Waals surface area contributed by atoms with E-state index in [-0.39, 0.29) is 5.56 Å². The number of hydrogen-bond acceptors (Lipinski definition) is 2. The molecule has 2 rings (SSSR count). The van der Waals surface area contributed by atoms with Crippen LogP contribution in [0.4, 0.5) is 10.1 Å². The minimum atomic E-state index is -0.475. The number of aryl methyl sites for hydroxylation is 2. The zero-order valence-corrected chi connectivity index (χ0v) is 11.7. The summed E-state index contributed by atoms with van der Waals surface area (Å²) in [7, 11) is 1.45. The quantitative estimate of drug-likeness (QED) is 0.926. The van der Waals surface area contributed by atoms with E-state index in [0.29, 0.717) is 5.75 Å². The van der Waals surface area contributed by atoms with Crippen molar-refractivity contribution in [1.82, 2.24) is 0 Å². The molecule has 0 saturated carbocycles. The molecule has 2 aromatic carbocycles. The third kappa shape index (κ3) is 2.79. The van der Waals surface area contributed by atoms with Crippen LogP contribution >= 0.6 is 0 Å². The van der Waals surface area contributed by atoms with E-state index in [1.54, 1.807) is 0 Å². The van der Waals surface area contributed by atoms with Gasteiger partial charge in [-0.05, 0) is 43.2 Å². The summed E-state index contributed by atoms with van der Waals surface area (Å²) in [6.45, 7) is 3.82. The smallest absolute Gasteiger partial charge is 0.259 e. The molecule has 0 aliphatic rings. The Balaban J connectivity index is 2.35. The Hall–Kier alpha value is -2.36. The highest BCUT2D eigenvalue weighted by atomic mass is 19.1. The molecular weight excluding hydrogens is 257 g/mol. The van der Waals surface area contributed by atoms with Crippen molar-refractivity contribution in [1.29, 1.82) is 0 Å². The lowest BCUT2D eigenvalue weighted by Gasteiger charge is -2.13. The molecule has 2 aromatic rings. The van der Waals surface area contributed by atoms with Crippen molar-refractivity contribution < 1.29 is 13.9 Å². The SMILES string of the molecule is COc1ccc(F)cc1C(=O)Nc1c(C)cccc1C. The number of amides is 1. The van der Waals surface area contributed by atoms with Gasteiger partial charge in [-0.25, -0.2) is 4.39 Å². The maximum Gasteiger partial charge on any atom is 0.259 e.